The molecule has 0 N–H and O–H groups in total. The highest BCUT2D eigenvalue weighted by atomic mass is 32.1. The number of nitrogens with zero attached hydrogens (tertiary/aromatic N) is 3. The maximum Gasteiger partial charge on any atom is 0.259 e. The molecule has 140 valence electrons. The molecule has 2 fully saturated rings. The summed E-state index contributed by atoms with van der Waals surface area (Å²) in [7, 11) is 0. The largest absolute Gasteiger partial charge is 0.335 e. The Hall–Kier alpha value is -2.21. The van der Waals surface area contributed by atoms with Crippen molar-refractivity contribution in [3.8, 4) is 10.6 Å². The Morgan fingerprint density at radius 3 is 2.67 bits per heavy atom. The van der Waals surface area contributed by atoms with E-state index in [1.807, 2.05) is 13.0 Å². The fraction of sp³-hybridized carbons (Fsp3) is 0.476. The topological polar surface area (TPSA) is 59.2 Å². The van der Waals surface area contributed by atoms with Crippen molar-refractivity contribution in [3.05, 3.63) is 34.3 Å². The zero-order valence-corrected chi connectivity index (χ0v) is 16.7. The number of pyridine rings is 1. The number of carbonyl (C=O) groups is 1. The molecule has 1 atom stereocenters. The number of hydrogen-bond donors (Lipinski definition) is 0. The summed E-state index contributed by atoms with van der Waals surface area (Å²) in [5.41, 5.74) is 2.65. The van der Waals surface area contributed by atoms with Crippen LogP contribution in [0.5, 0.6) is 0 Å². The minimum atomic E-state index is 0.102. The van der Waals surface area contributed by atoms with Gasteiger partial charge in [0.1, 0.15) is 0 Å². The number of carbonyl (C=O) groups excluding carboxylic acids is 1. The van der Waals surface area contributed by atoms with Crippen molar-refractivity contribution in [2.45, 2.75) is 58.5 Å². The van der Waals surface area contributed by atoms with Crippen LogP contribution in [0.15, 0.2) is 22.7 Å². The summed E-state index contributed by atoms with van der Waals surface area (Å²) >= 11 is 1.68. The molecule has 27 heavy (non-hydrogen) atoms. The van der Waals surface area contributed by atoms with Gasteiger partial charge >= 0.3 is 0 Å². The van der Waals surface area contributed by atoms with Gasteiger partial charge in [0, 0.05) is 17.0 Å². The second-order valence-corrected chi connectivity index (χ2v) is 9.22. The number of hydrogen-bond acceptors (Lipinski definition) is 5. The summed E-state index contributed by atoms with van der Waals surface area (Å²) in [6.45, 7) is 6.16. The van der Waals surface area contributed by atoms with Crippen LogP contribution in [0, 0.1) is 19.8 Å². The van der Waals surface area contributed by atoms with Crippen LogP contribution < -0.4 is 0 Å². The molecule has 5 rings (SSSR count). The first-order valence-electron chi connectivity index (χ1n) is 9.69. The molecule has 0 aromatic carbocycles. The summed E-state index contributed by atoms with van der Waals surface area (Å²) in [4.78, 5) is 22.7. The average molecular weight is 382 g/mol. The molecule has 5 nitrogen and oxygen atoms in total. The molecule has 2 aliphatic carbocycles. The third-order valence-corrected chi connectivity index (χ3v) is 6.78. The maximum absolute atomic E-state index is 13.7. The predicted molar refractivity (Wildman–Crippen MR) is 106 cm³/mol. The highest BCUT2D eigenvalue weighted by Gasteiger charge is 2.42. The Morgan fingerprint density at radius 2 is 2.04 bits per heavy atom. The summed E-state index contributed by atoms with van der Waals surface area (Å²) in [5, 5.41) is 4.84. The molecule has 0 aliphatic heterocycles. The van der Waals surface area contributed by atoms with Gasteiger partial charge in [0.15, 0.2) is 0 Å². The zero-order chi connectivity index (χ0) is 18.7. The van der Waals surface area contributed by atoms with Gasteiger partial charge in [-0.1, -0.05) is 5.16 Å². The number of fused-ring (bicyclic) bond motifs is 1. The molecule has 3 aromatic rings. The van der Waals surface area contributed by atoms with Crippen molar-refractivity contribution in [3.63, 3.8) is 0 Å². The van der Waals surface area contributed by atoms with Gasteiger partial charge in [0.05, 0.1) is 27.2 Å². The van der Waals surface area contributed by atoms with Crippen LogP contribution in [0.2, 0.25) is 0 Å². The second-order valence-electron chi connectivity index (χ2n) is 7.94. The smallest absolute Gasteiger partial charge is 0.259 e. The Balaban J connectivity index is 1.63. The van der Waals surface area contributed by atoms with Crippen LogP contribution in [0.1, 0.15) is 53.5 Å². The molecule has 0 bridgehead atoms. The number of aromatic nitrogens is 2. The lowest BCUT2D eigenvalue weighted by atomic mass is 10.1. The van der Waals surface area contributed by atoms with Gasteiger partial charge in [0.25, 0.3) is 11.6 Å². The first-order valence-corrected chi connectivity index (χ1v) is 10.5. The molecular formula is C21H23N3O2S. The SMILES string of the molecule is Cc1ccc(-c2cc(C(=O)N(C3CC3)[C@@H](C)C3CC3)c3c(C)noc3n2)s1. The van der Waals surface area contributed by atoms with Crippen LogP contribution >= 0.6 is 11.3 Å². The van der Waals surface area contributed by atoms with Gasteiger partial charge in [-0.05, 0) is 70.6 Å². The van der Waals surface area contributed by atoms with E-state index >= 15 is 0 Å². The summed E-state index contributed by atoms with van der Waals surface area (Å²) < 4.78 is 5.46. The minimum Gasteiger partial charge on any atom is -0.335 e. The van der Waals surface area contributed by atoms with Crippen molar-refractivity contribution in [1.82, 2.24) is 15.0 Å². The minimum absolute atomic E-state index is 0.102. The molecule has 2 aliphatic rings. The first kappa shape index (κ1) is 16.9. The fourth-order valence-corrected chi connectivity index (χ4v) is 4.77. The lowest BCUT2D eigenvalue weighted by Crippen LogP contribution is -2.41. The lowest BCUT2D eigenvalue weighted by Gasteiger charge is -2.30. The van der Waals surface area contributed by atoms with Gasteiger partial charge in [-0.3, -0.25) is 4.79 Å². The number of amides is 1. The monoisotopic (exact) mass is 381 g/mol. The Labute approximate surface area is 162 Å². The van der Waals surface area contributed by atoms with Crippen LogP contribution in [0.4, 0.5) is 0 Å². The van der Waals surface area contributed by atoms with E-state index in [-0.39, 0.29) is 5.91 Å². The van der Waals surface area contributed by atoms with E-state index in [1.54, 1.807) is 11.3 Å². The molecular weight excluding hydrogens is 358 g/mol. The number of thiophene rings is 1. The molecule has 6 heteroatoms. The van der Waals surface area contributed by atoms with Crippen LogP contribution in [0.25, 0.3) is 21.7 Å². The third kappa shape index (κ3) is 2.96. The van der Waals surface area contributed by atoms with Gasteiger partial charge in [-0.2, -0.15) is 0 Å². The predicted octanol–water partition coefficient (Wildman–Crippen LogP) is 4.97. The van der Waals surface area contributed by atoms with Crippen molar-refractivity contribution < 1.29 is 9.32 Å². The van der Waals surface area contributed by atoms with Gasteiger partial charge < -0.3 is 9.42 Å². The summed E-state index contributed by atoms with van der Waals surface area (Å²) in [5.74, 6) is 0.750. The third-order valence-electron chi connectivity index (χ3n) is 5.76. The van der Waals surface area contributed by atoms with Crippen molar-refractivity contribution in [2.75, 3.05) is 0 Å². The molecule has 3 aromatic heterocycles. The van der Waals surface area contributed by atoms with Crippen molar-refractivity contribution in [2.24, 2.45) is 5.92 Å². The molecule has 2 saturated carbocycles. The Bertz CT molecular complexity index is 1030. The molecule has 0 spiro atoms. The summed E-state index contributed by atoms with van der Waals surface area (Å²) in [6, 6.07) is 6.74. The van der Waals surface area contributed by atoms with Crippen LogP contribution in [-0.4, -0.2) is 33.0 Å². The van der Waals surface area contributed by atoms with Gasteiger partial charge in [-0.15, -0.1) is 11.3 Å². The van der Waals surface area contributed by atoms with Gasteiger partial charge in [0.2, 0.25) is 0 Å². The highest BCUT2D eigenvalue weighted by molar-refractivity contribution is 7.15. The van der Waals surface area contributed by atoms with Crippen molar-refractivity contribution >= 4 is 28.3 Å². The highest BCUT2D eigenvalue weighted by Crippen LogP contribution is 2.41. The molecule has 0 saturated heterocycles. The standard InChI is InChI=1S/C21H23N3O2S/c1-11-4-9-18(27-11)17-10-16(19-12(2)23-26-20(19)22-17)21(25)24(15-7-8-15)13(3)14-5-6-14/h4,9-10,13-15H,5-8H2,1-3H3/t13-/m0/s1. The van der Waals surface area contributed by atoms with E-state index < -0.39 is 0 Å². The van der Waals surface area contributed by atoms with Crippen LogP contribution in [0.3, 0.4) is 0 Å². The maximum atomic E-state index is 13.7. The van der Waals surface area contributed by atoms with Crippen LogP contribution in [-0.2, 0) is 0 Å². The Kier molecular flexibility index (Phi) is 3.86. The van der Waals surface area contributed by atoms with E-state index in [9.17, 15) is 4.79 Å². The van der Waals surface area contributed by atoms with E-state index in [1.165, 1.54) is 17.7 Å². The molecule has 0 radical (unpaired) electrons. The summed E-state index contributed by atoms with van der Waals surface area (Å²) in [6.07, 6.45) is 4.68. The van der Waals surface area contributed by atoms with E-state index in [4.69, 9.17) is 4.52 Å². The molecule has 1 amide bonds. The fourth-order valence-electron chi connectivity index (χ4n) is 3.94. The molecule has 0 unspecified atom stereocenters. The van der Waals surface area contributed by atoms with E-state index in [2.05, 4.69) is 41.0 Å². The number of rotatable bonds is 5. The first-order chi connectivity index (χ1) is 13.0. The second kappa shape index (κ2) is 6.16. The Morgan fingerprint density at radius 1 is 1.26 bits per heavy atom. The van der Waals surface area contributed by atoms with Gasteiger partial charge in [-0.25, -0.2) is 4.98 Å². The average Bonchev–Trinajstić information content (AvgIpc) is 3.58. The van der Waals surface area contributed by atoms with Crippen molar-refractivity contribution in [1.29, 1.82) is 0 Å². The van der Waals surface area contributed by atoms with E-state index in [0.717, 1.165) is 34.5 Å². The number of aryl methyl sites for hydroxylation is 2. The quantitative estimate of drug-likeness (QED) is 0.626. The normalized spacial score (nSPS) is 18.0. The zero-order valence-electron chi connectivity index (χ0n) is 15.9. The lowest BCUT2D eigenvalue weighted by molar-refractivity contribution is 0.0656. The molecule has 3 heterocycles. The van der Waals surface area contributed by atoms with E-state index in [0.29, 0.717) is 29.3 Å².